The van der Waals surface area contributed by atoms with E-state index in [1.807, 2.05) is 35.4 Å². The number of hydrogen-bond donors (Lipinski definition) is 2. The van der Waals surface area contributed by atoms with E-state index in [1.54, 1.807) is 7.11 Å². The summed E-state index contributed by atoms with van der Waals surface area (Å²) in [6, 6.07) is 7.80. The highest BCUT2D eigenvalue weighted by atomic mass is 35.5. The fourth-order valence-corrected chi connectivity index (χ4v) is 3.29. The number of likely N-dealkylation sites (tertiary alicyclic amines) is 1. The summed E-state index contributed by atoms with van der Waals surface area (Å²) in [5.41, 5.74) is 6.42. The molecule has 1 aromatic carbocycles. The third-order valence-electron chi connectivity index (χ3n) is 3.94. The van der Waals surface area contributed by atoms with Gasteiger partial charge in [0.05, 0.1) is 19.4 Å². The van der Waals surface area contributed by atoms with Crippen LogP contribution in [0.5, 0.6) is 5.75 Å². The quantitative estimate of drug-likeness (QED) is 0.740. The van der Waals surface area contributed by atoms with Gasteiger partial charge in [0.2, 0.25) is 11.8 Å². The van der Waals surface area contributed by atoms with Crippen molar-refractivity contribution in [2.75, 3.05) is 38.8 Å². The number of hydrogen-bond acceptors (Lipinski definition) is 5. The Bertz CT molecular complexity index is 556. The topological polar surface area (TPSA) is 84.7 Å². The van der Waals surface area contributed by atoms with Crippen LogP contribution in [0.2, 0.25) is 0 Å². The normalized spacial score (nSPS) is 20.2. The Balaban J connectivity index is 0.00000288. The van der Waals surface area contributed by atoms with Gasteiger partial charge >= 0.3 is 0 Å². The Labute approximate surface area is 152 Å². The molecule has 6 nitrogen and oxygen atoms in total. The molecular formula is C16H24ClN3O3S. The number of nitrogens with one attached hydrogen (secondary N) is 1. The Morgan fingerprint density at radius 3 is 2.54 bits per heavy atom. The lowest BCUT2D eigenvalue weighted by molar-refractivity contribution is -0.119. The standard InChI is InChI=1S/C16H23N3O3S.ClH/c1-22-12-5-3-11(4-6-12)13-7-19(9-15(17)20)8-14(13)18-16(21)10-23-2;/h3-6,13-14H,7-10H2,1-2H3,(H2,17,20)(H,18,21);1H/t13-,14+;/m1./s1. The zero-order chi connectivity index (χ0) is 16.8. The minimum absolute atomic E-state index is 0. The van der Waals surface area contributed by atoms with Crippen LogP contribution < -0.4 is 15.8 Å². The molecule has 2 amide bonds. The molecule has 0 aliphatic carbocycles. The van der Waals surface area contributed by atoms with Gasteiger partial charge in [-0.1, -0.05) is 12.1 Å². The van der Waals surface area contributed by atoms with Crippen LogP contribution in [0.4, 0.5) is 0 Å². The second-order valence-corrected chi connectivity index (χ2v) is 6.51. The molecule has 24 heavy (non-hydrogen) atoms. The number of benzene rings is 1. The van der Waals surface area contributed by atoms with Crippen LogP contribution in [0.15, 0.2) is 24.3 Å². The summed E-state index contributed by atoms with van der Waals surface area (Å²) in [6.45, 7) is 1.53. The molecule has 1 aliphatic rings. The van der Waals surface area contributed by atoms with Crippen LogP contribution >= 0.6 is 24.2 Å². The molecule has 0 unspecified atom stereocenters. The second kappa shape index (κ2) is 9.76. The maximum atomic E-state index is 11.9. The van der Waals surface area contributed by atoms with Gasteiger partial charge in [0.15, 0.2) is 0 Å². The first-order valence-electron chi connectivity index (χ1n) is 7.46. The summed E-state index contributed by atoms with van der Waals surface area (Å²) in [7, 11) is 1.63. The fraction of sp³-hybridized carbons (Fsp3) is 0.500. The first-order valence-corrected chi connectivity index (χ1v) is 8.85. The van der Waals surface area contributed by atoms with Crippen LogP contribution in [0.1, 0.15) is 11.5 Å². The predicted octanol–water partition coefficient (Wildman–Crippen LogP) is 0.849. The van der Waals surface area contributed by atoms with E-state index >= 15 is 0 Å². The molecule has 134 valence electrons. The molecule has 0 bridgehead atoms. The van der Waals surface area contributed by atoms with Crippen molar-refractivity contribution >= 4 is 36.0 Å². The average Bonchev–Trinajstić information content (AvgIpc) is 2.89. The molecule has 0 spiro atoms. The summed E-state index contributed by atoms with van der Waals surface area (Å²) in [5.74, 6) is 1.02. The minimum atomic E-state index is -0.352. The SMILES string of the molecule is COc1ccc([C@H]2CN(CC(N)=O)C[C@@H]2NC(=O)CSC)cc1.Cl. The summed E-state index contributed by atoms with van der Waals surface area (Å²) in [4.78, 5) is 25.1. The van der Waals surface area contributed by atoms with Gasteiger partial charge < -0.3 is 15.8 Å². The lowest BCUT2D eigenvalue weighted by Crippen LogP contribution is -2.41. The molecule has 1 aromatic rings. The minimum Gasteiger partial charge on any atom is -0.497 e. The smallest absolute Gasteiger partial charge is 0.231 e. The van der Waals surface area contributed by atoms with E-state index in [2.05, 4.69) is 5.32 Å². The number of thioether (sulfide) groups is 1. The van der Waals surface area contributed by atoms with E-state index in [1.165, 1.54) is 11.8 Å². The van der Waals surface area contributed by atoms with Gasteiger partial charge in [-0.2, -0.15) is 11.8 Å². The molecule has 1 saturated heterocycles. The highest BCUT2D eigenvalue weighted by molar-refractivity contribution is 7.99. The van der Waals surface area contributed by atoms with Crippen LogP contribution in [-0.4, -0.2) is 61.5 Å². The van der Waals surface area contributed by atoms with Gasteiger partial charge in [0, 0.05) is 25.0 Å². The highest BCUT2D eigenvalue weighted by Crippen LogP contribution is 2.29. The third kappa shape index (κ3) is 5.58. The van der Waals surface area contributed by atoms with Crippen molar-refractivity contribution in [2.24, 2.45) is 5.73 Å². The third-order valence-corrected chi connectivity index (χ3v) is 4.49. The number of carbonyl (C=O) groups excluding carboxylic acids is 2. The Hall–Kier alpha value is -1.44. The Morgan fingerprint density at radius 1 is 1.33 bits per heavy atom. The largest absolute Gasteiger partial charge is 0.497 e. The van der Waals surface area contributed by atoms with Crippen LogP contribution in [0.3, 0.4) is 0 Å². The van der Waals surface area contributed by atoms with Crippen LogP contribution in [0.25, 0.3) is 0 Å². The molecule has 3 N–H and O–H groups in total. The first-order chi connectivity index (χ1) is 11.0. The number of ether oxygens (including phenoxy) is 1. The first kappa shape index (κ1) is 20.6. The molecule has 8 heteroatoms. The van der Waals surface area contributed by atoms with Gasteiger partial charge in [-0.05, 0) is 24.0 Å². The lowest BCUT2D eigenvalue weighted by atomic mass is 9.94. The van der Waals surface area contributed by atoms with Gasteiger partial charge in [-0.15, -0.1) is 12.4 Å². The van der Waals surface area contributed by atoms with E-state index < -0.39 is 0 Å². The van der Waals surface area contributed by atoms with Crippen molar-refractivity contribution < 1.29 is 14.3 Å². The monoisotopic (exact) mass is 373 g/mol. The zero-order valence-electron chi connectivity index (χ0n) is 13.9. The second-order valence-electron chi connectivity index (χ2n) is 5.65. The highest BCUT2D eigenvalue weighted by Gasteiger charge is 2.35. The van der Waals surface area contributed by atoms with E-state index in [0.29, 0.717) is 18.8 Å². The van der Waals surface area contributed by atoms with Crippen molar-refractivity contribution in [3.63, 3.8) is 0 Å². The number of rotatable bonds is 7. The summed E-state index contributed by atoms with van der Waals surface area (Å²) in [5, 5.41) is 3.08. The molecule has 2 rings (SSSR count). The number of primary amides is 1. The molecule has 1 heterocycles. The molecule has 0 radical (unpaired) electrons. The number of methoxy groups -OCH3 is 1. The molecular weight excluding hydrogens is 350 g/mol. The fourth-order valence-electron chi connectivity index (χ4n) is 2.95. The van der Waals surface area contributed by atoms with Gasteiger partial charge in [-0.3, -0.25) is 14.5 Å². The number of nitrogens with zero attached hydrogens (tertiary/aromatic N) is 1. The van der Waals surface area contributed by atoms with Crippen molar-refractivity contribution in [3.8, 4) is 5.75 Å². The van der Waals surface area contributed by atoms with E-state index in [0.717, 1.165) is 11.3 Å². The molecule has 1 aliphatic heterocycles. The van der Waals surface area contributed by atoms with Gasteiger partial charge in [0.25, 0.3) is 0 Å². The van der Waals surface area contributed by atoms with Gasteiger partial charge in [-0.25, -0.2) is 0 Å². The average molecular weight is 374 g/mol. The van der Waals surface area contributed by atoms with E-state index in [4.69, 9.17) is 10.5 Å². The molecule has 1 fully saturated rings. The van der Waals surface area contributed by atoms with Crippen LogP contribution in [0, 0.1) is 0 Å². The number of halogens is 1. The molecule has 0 aromatic heterocycles. The van der Waals surface area contributed by atoms with Crippen molar-refractivity contribution in [1.29, 1.82) is 0 Å². The number of carbonyl (C=O) groups is 2. The summed E-state index contributed by atoms with van der Waals surface area (Å²) < 4.78 is 5.18. The zero-order valence-corrected chi connectivity index (χ0v) is 15.5. The maximum Gasteiger partial charge on any atom is 0.231 e. The van der Waals surface area contributed by atoms with E-state index in [9.17, 15) is 9.59 Å². The van der Waals surface area contributed by atoms with Crippen molar-refractivity contribution in [2.45, 2.75) is 12.0 Å². The Morgan fingerprint density at radius 2 is 2.00 bits per heavy atom. The number of amides is 2. The Kier molecular flexibility index (Phi) is 8.38. The van der Waals surface area contributed by atoms with Crippen molar-refractivity contribution in [3.05, 3.63) is 29.8 Å². The molecule has 0 saturated carbocycles. The van der Waals surface area contributed by atoms with Crippen LogP contribution in [-0.2, 0) is 9.59 Å². The summed E-state index contributed by atoms with van der Waals surface area (Å²) in [6.07, 6.45) is 1.90. The van der Waals surface area contributed by atoms with Crippen molar-refractivity contribution in [1.82, 2.24) is 10.2 Å². The summed E-state index contributed by atoms with van der Waals surface area (Å²) >= 11 is 1.49. The maximum absolute atomic E-state index is 11.9. The number of nitrogens with two attached hydrogens (primary N) is 1. The molecule has 2 atom stereocenters. The predicted molar refractivity (Wildman–Crippen MR) is 98.9 cm³/mol. The van der Waals surface area contributed by atoms with E-state index in [-0.39, 0.29) is 42.7 Å². The van der Waals surface area contributed by atoms with Gasteiger partial charge in [0.1, 0.15) is 5.75 Å². The lowest BCUT2D eigenvalue weighted by Gasteiger charge is -2.20.